The van der Waals surface area contributed by atoms with Crippen molar-refractivity contribution in [1.29, 1.82) is 0 Å². The van der Waals surface area contributed by atoms with Gasteiger partial charge in [-0.1, -0.05) is 17.7 Å². The third-order valence-electron chi connectivity index (χ3n) is 3.65. The van der Waals surface area contributed by atoms with Gasteiger partial charge in [-0.3, -0.25) is 9.59 Å². The van der Waals surface area contributed by atoms with Crippen LogP contribution in [0.25, 0.3) is 0 Å². The van der Waals surface area contributed by atoms with Gasteiger partial charge in [-0.2, -0.15) is 0 Å². The van der Waals surface area contributed by atoms with Gasteiger partial charge in [0.1, 0.15) is 0 Å². The molecular weight excluding hydrogens is 350 g/mol. The third-order valence-corrected chi connectivity index (χ3v) is 4.06. The molecule has 2 amide bonds. The number of halogens is 3. The molecular formula is C18H17ClF2N2O2. The fourth-order valence-electron chi connectivity index (χ4n) is 2.24. The van der Waals surface area contributed by atoms with Crippen molar-refractivity contribution in [3.63, 3.8) is 0 Å². The van der Waals surface area contributed by atoms with E-state index in [-0.39, 0.29) is 24.6 Å². The van der Waals surface area contributed by atoms with Gasteiger partial charge in [-0.15, -0.1) is 0 Å². The lowest BCUT2D eigenvalue weighted by atomic mass is 10.2. The molecule has 0 aliphatic carbocycles. The predicted molar refractivity (Wildman–Crippen MR) is 92.9 cm³/mol. The molecule has 0 radical (unpaired) electrons. The van der Waals surface area contributed by atoms with Crippen molar-refractivity contribution in [2.45, 2.75) is 13.8 Å². The van der Waals surface area contributed by atoms with E-state index in [9.17, 15) is 18.4 Å². The van der Waals surface area contributed by atoms with E-state index < -0.39 is 17.5 Å². The predicted octanol–water partition coefficient (Wildman–Crippen LogP) is 3.71. The molecule has 0 aliphatic rings. The lowest BCUT2D eigenvalue weighted by Crippen LogP contribution is -2.37. The van der Waals surface area contributed by atoms with Gasteiger partial charge >= 0.3 is 0 Å². The SMILES string of the molecule is CC(=O)N(CCNC(=O)c1ccc(F)c(F)c1)c1ccc(C)c(Cl)c1. The van der Waals surface area contributed by atoms with Crippen molar-refractivity contribution >= 4 is 29.1 Å². The van der Waals surface area contributed by atoms with Crippen LogP contribution in [0.1, 0.15) is 22.8 Å². The highest BCUT2D eigenvalue weighted by atomic mass is 35.5. The Morgan fingerprint density at radius 3 is 2.44 bits per heavy atom. The Kier molecular flexibility index (Phi) is 6.09. The normalized spacial score (nSPS) is 10.4. The average Bonchev–Trinajstić information content (AvgIpc) is 2.56. The first kappa shape index (κ1) is 18.9. The summed E-state index contributed by atoms with van der Waals surface area (Å²) in [5, 5.41) is 3.11. The van der Waals surface area contributed by atoms with Gasteiger partial charge in [-0.05, 0) is 42.8 Å². The molecule has 2 aromatic rings. The number of hydrogen-bond acceptors (Lipinski definition) is 2. The summed E-state index contributed by atoms with van der Waals surface area (Å²) < 4.78 is 26.1. The quantitative estimate of drug-likeness (QED) is 0.877. The molecule has 25 heavy (non-hydrogen) atoms. The third kappa shape index (κ3) is 4.76. The van der Waals surface area contributed by atoms with E-state index in [1.165, 1.54) is 17.9 Å². The van der Waals surface area contributed by atoms with Gasteiger partial charge < -0.3 is 10.2 Å². The molecule has 0 spiro atoms. The summed E-state index contributed by atoms with van der Waals surface area (Å²) in [6, 6.07) is 8.15. The van der Waals surface area contributed by atoms with Crippen molar-refractivity contribution in [2.24, 2.45) is 0 Å². The van der Waals surface area contributed by atoms with Gasteiger partial charge in [0.2, 0.25) is 5.91 Å². The molecule has 4 nitrogen and oxygen atoms in total. The van der Waals surface area contributed by atoms with E-state index in [2.05, 4.69) is 5.32 Å². The first-order valence-electron chi connectivity index (χ1n) is 7.57. The van der Waals surface area contributed by atoms with Crippen LogP contribution in [0.2, 0.25) is 5.02 Å². The van der Waals surface area contributed by atoms with Gasteiger partial charge in [0, 0.05) is 36.3 Å². The van der Waals surface area contributed by atoms with Gasteiger partial charge in [0.15, 0.2) is 11.6 Å². The monoisotopic (exact) mass is 366 g/mol. The fourth-order valence-corrected chi connectivity index (χ4v) is 2.41. The zero-order chi connectivity index (χ0) is 18.6. The first-order valence-corrected chi connectivity index (χ1v) is 7.95. The number of aryl methyl sites for hydroxylation is 1. The molecule has 0 bridgehead atoms. The molecule has 2 aromatic carbocycles. The smallest absolute Gasteiger partial charge is 0.251 e. The lowest BCUT2D eigenvalue weighted by molar-refractivity contribution is -0.116. The maximum atomic E-state index is 13.2. The van der Waals surface area contributed by atoms with E-state index >= 15 is 0 Å². The molecule has 0 unspecified atom stereocenters. The van der Waals surface area contributed by atoms with Crippen LogP contribution in [0.15, 0.2) is 36.4 Å². The second-order valence-electron chi connectivity index (χ2n) is 5.49. The van der Waals surface area contributed by atoms with Gasteiger partial charge in [0.05, 0.1) is 0 Å². The van der Waals surface area contributed by atoms with Crippen LogP contribution >= 0.6 is 11.6 Å². The number of anilines is 1. The van der Waals surface area contributed by atoms with Crippen LogP contribution < -0.4 is 10.2 Å². The Morgan fingerprint density at radius 2 is 1.84 bits per heavy atom. The second kappa shape index (κ2) is 8.07. The molecule has 0 aromatic heterocycles. The van der Waals surface area contributed by atoms with Crippen LogP contribution in [0.4, 0.5) is 14.5 Å². The minimum Gasteiger partial charge on any atom is -0.350 e. The average molecular weight is 367 g/mol. The second-order valence-corrected chi connectivity index (χ2v) is 5.90. The van der Waals surface area contributed by atoms with E-state index in [1.54, 1.807) is 18.2 Å². The van der Waals surface area contributed by atoms with Gasteiger partial charge in [-0.25, -0.2) is 8.78 Å². The highest BCUT2D eigenvalue weighted by molar-refractivity contribution is 6.31. The molecule has 2 rings (SSSR count). The van der Waals surface area contributed by atoms with Crippen molar-refractivity contribution < 1.29 is 18.4 Å². The summed E-state index contributed by atoms with van der Waals surface area (Å²) in [5.74, 6) is -2.87. The van der Waals surface area contributed by atoms with Crippen molar-refractivity contribution in [1.82, 2.24) is 5.32 Å². The highest BCUT2D eigenvalue weighted by Gasteiger charge is 2.14. The molecule has 1 N–H and O–H groups in total. The van der Waals surface area contributed by atoms with Crippen LogP contribution in [-0.4, -0.2) is 24.9 Å². The molecule has 0 aliphatic heterocycles. The zero-order valence-electron chi connectivity index (χ0n) is 13.8. The molecule has 7 heteroatoms. The van der Waals surface area contributed by atoms with Crippen LogP contribution in [0.5, 0.6) is 0 Å². The Morgan fingerprint density at radius 1 is 1.12 bits per heavy atom. The summed E-state index contributed by atoms with van der Waals surface area (Å²) in [6.45, 7) is 3.62. The summed E-state index contributed by atoms with van der Waals surface area (Å²) in [4.78, 5) is 25.3. The number of carbonyl (C=O) groups excluding carboxylic acids is 2. The summed E-state index contributed by atoms with van der Waals surface area (Å²) in [5.41, 5.74) is 1.51. The minimum absolute atomic E-state index is 0.00616. The maximum Gasteiger partial charge on any atom is 0.251 e. The molecule has 0 fully saturated rings. The maximum absolute atomic E-state index is 13.2. The summed E-state index contributed by atoms with van der Waals surface area (Å²) in [7, 11) is 0. The van der Waals surface area contributed by atoms with E-state index in [4.69, 9.17) is 11.6 Å². The Labute approximate surface area is 149 Å². The summed E-state index contributed by atoms with van der Waals surface area (Å²) in [6.07, 6.45) is 0. The Hall–Kier alpha value is -2.47. The molecule has 0 saturated heterocycles. The summed E-state index contributed by atoms with van der Waals surface area (Å²) >= 11 is 6.08. The number of amides is 2. The molecule has 132 valence electrons. The van der Waals surface area contributed by atoms with E-state index in [0.29, 0.717) is 10.7 Å². The van der Waals surface area contributed by atoms with Crippen molar-refractivity contribution in [3.05, 3.63) is 64.2 Å². The van der Waals surface area contributed by atoms with Crippen LogP contribution in [0, 0.1) is 18.6 Å². The lowest BCUT2D eigenvalue weighted by Gasteiger charge is -2.22. The number of nitrogens with zero attached hydrogens (tertiary/aromatic N) is 1. The first-order chi connectivity index (χ1) is 11.8. The number of benzene rings is 2. The van der Waals surface area contributed by atoms with E-state index in [0.717, 1.165) is 17.7 Å². The number of rotatable bonds is 5. The van der Waals surface area contributed by atoms with Gasteiger partial charge in [0.25, 0.3) is 5.91 Å². The molecule has 0 saturated carbocycles. The number of hydrogen-bond donors (Lipinski definition) is 1. The van der Waals surface area contributed by atoms with Crippen LogP contribution in [0.3, 0.4) is 0 Å². The largest absolute Gasteiger partial charge is 0.350 e. The van der Waals surface area contributed by atoms with Crippen LogP contribution in [-0.2, 0) is 4.79 Å². The van der Waals surface area contributed by atoms with E-state index in [1.807, 2.05) is 6.92 Å². The van der Waals surface area contributed by atoms with Crippen molar-refractivity contribution in [3.8, 4) is 0 Å². The fraction of sp³-hybridized carbons (Fsp3) is 0.222. The topological polar surface area (TPSA) is 49.4 Å². The Bertz CT molecular complexity index is 812. The minimum atomic E-state index is -1.09. The standard InChI is InChI=1S/C18H17ClF2N2O2/c1-11-3-5-14(10-15(11)19)23(12(2)24)8-7-22-18(25)13-4-6-16(20)17(21)9-13/h3-6,9-10H,7-8H2,1-2H3,(H,22,25). The van der Waals surface area contributed by atoms with Crippen molar-refractivity contribution in [2.75, 3.05) is 18.0 Å². The number of carbonyl (C=O) groups is 2. The Balaban J connectivity index is 2.01. The molecule has 0 atom stereocenters. The highest BCUT2D eigenvalue weighted by Crippen LogP contribution is 2.23. The molecule has 0 heterocycles. The zero-order valence-corrected chi connectivity index (χ0v) is 14.5. The number of nitrogens with one attached hydrogen (secondary N) is 1.